The zero-order valence-corrected chi connectivity index (χ0v) is 13.0. The van der Waals surface area contributed by atoms with Crippen LogP contribution in [0.2, 0.25) is 5.02 Å². The van der Waals surface area contributed by atoms with Crippen LogP contribution < -0.4 is 4.90 Å². The van der Waals surface area contributed by atoms with Crippen LogP contribution in [0.1, 0.15) is 19.3 Å². The average Bonchev–Trinajstić information content (AvgIpc) is 2.88. The zero-order chi connectivity index (χ0) is 15.7. The SMILES string of the molecule is O=C(C1CCN(c2cccc(Cl)c2)C1=O)N1CCCC(O)C1. The third kappa shape index (κ3) is 2.96. The van der Waals surface area contributed by atoms with Gasteiger partial charge in [-0.3, -0.25) is 9.59 Å². The highest BCUT2D eigenvalue weighted by atomic mass is 35.5. The predicted molar refractivity (Wildman–Crippen MR) is 83.7 cm³/mol. The van der Waals surface area contributed by atoms with Gasteiger partial charge in [0, 0.05) is 30.3 Å². The van der Waals surface area contributed by atoms with Crippen molar-refractivity contribution in [2.24, 2.45) is 5.92 Å². The number of nitrogens with zero attached hydrogens (tertiary/aromatic N) is 2. The molecule has 2 aliphatic rings. The summed E-state index contributed by atoms with van der Waals surface area (Å²) >= 11 is 5.97. The van der Waals surface area contributed by atoms with Crippen LogP contribution in [0.5, 0.6) is 0 Å². The molecule has 1 aromatic carbocycles. The van der Waals surface area contributed by atoms with E-state index in [1.54, 1.807) is 28.0 Å². The fourth-order valence-electron chi connectivity index (χ4n) is 3.18. The van der Waals surface area contributed by atoms with E-state index in [-0.39, 0.29) is 11.8 Å². The van der Waals surface area contributed by atoms with Gasteiger partial charge in [0.2, 0.25) is 11.8 Å². The van der Waals surface area contributed by atoms with E-state index in [0.29, 0.717) is 31.1 Å². The van der Waals surface area contributed by atoms with Gasteiger partial charge in [0.05, 0.1) is 6.10 Å². The number of likely N-dealkylation sites (tertiary alicyclic amines) is 1. The minimum Gasteiger partial charge on any atom is -0.391 e. The smallest absolute Gasteiger partial charge is 0.239 e. The van der Waals surface area contributed by atoms with Crippen molar-refractivity contribution in [3.63, 3.8) is 0 Å². The second kappa shape index (κ2) is 6.26. The van der Waals surface area contributed by atoms with Crippen LogP contribution in [-0.2, 0) is 9.59 Å². The normalized spacial score (nSPS) is 25.6. The molecule has 0 saturated carbocycles. The molecule has 2 unspecified atom stereocenters. The number of amides is 2. The predicted octanol–water partition coefficient (Wildman–Crippen LogP) is 1.68. The van der Waals surface area contributed by atoms with Crippen LogP contribution in [0.25, 0.3) is 0 Å². The minimum atomic E-state index is -0.635. The van der Waals surface area contributed by atoms with Crippen LogP contribution in [0, 0.1) is 5.92 Å². The molecule has 1 N–H and O–H groups in total. The molecule has 118 valence electrons. The molecule has 3 rings (SSSR count). The standard InChI is InChI=1S/C16H19ClN2O3/c17-11-3-1-4-12(9-11)19-8-6-14(16(19)22)15(21)18-7-2-5-13(20)10-18/h1,3-4,9,13-14,20H,2,5-8,10H2. The molecule has 0 radical (unpaired) electrons. The van der Waals surface area contributed by atoms with Crippen molar-refractivity contribution in [2.45, 2.75) is 25.4 Å². The fraction of sp³-hybridized carbons (Fsp3) is 0.500. The molecule has 6 heteroatoms. The molecule has 1 aromatic rings. The van der Waals surface area contributed by atoms with E-state index in [2.05, 4.69) is 0 Å². The van der Waals surface area contributed by atoms with Gasteiger partial charge in [-0.25, -0.2) is 0 Å². The Morgan fingerprint density at radius 1 is 1.27 bits per heavy atom. The summed E-state index contributed by atoms with van der Waals surface area (Å²) < 4.78 is 0. The number of aliphatic hydroxyl groups excluding tert-OH is 1. The Hall–Kier alpha value is -1.59. The number of anilines is 1. The van der Waals surface area contributed by atoms with E-state index in [4.69, 9.17) is 11.6 Å². The van der Waals surface area contributed by atoms with Crippen LogP contribution in [0.4, 0.5) is 5.69 Å². The van der Waals surface area contributed by atoms with E-state index in [1.807, 2.05) is 6.07 Å². The highest BCUT2D eigenvalue weighted by molar-refractivity contribution is 6.31. The quantitative estimate of drug-likeness (QED) is 0.843. The molecule has 22 heavy (non-hydrogen) atoms. The number of benzene rings is 1. The lowest BCUT2D eigenvalue weighted by Gasteiger charge is -2.31. The van der Waals surface area contributed by atoms with Gasteiger partial charge < -0.3 is 14.9 Å². The molecule has 5 nitrogen and oxygen atoms in total. The number of carbonyl (C=O) groups is 2. The molecular formula is C16H19ClN2O3. The molecule has 0 aromatic heterocycles. The highest BCUT2D eigenvalue weighted by Crippen LogP contribution is 2.28. The van der Waals surface area contributed by atoms with Crippen molar-refractivity contribution < 1.29 is 14.7 Å². The Kier molecular flexibility index (Phi) is 4.36. The number of halogens is 1. The third-order valence-electron chi connectivity index (χ3n) is 4.33. The molecule has 0 bridgehead atoms. The third-order valence-corrected chi connectivity index (χ3v) is 4.57. The lowest BCUT2D eigenvalue weighted by atomic mass is 10.0. The first-order valence-corrected chi connectivity index (χ1v) is 7.98. The maximum Gasteiger partial charge on any atom is 0.239 e. The number of aliphatic hydroxyl groups is 1. The lowest BCUT2D eigenvalue weighted by Crippen LogP contribution is -2.46. The molecule has 2 aliphatic heterocycles. The zero-order valence-electron chi connectivity index (χ0n) is 12.2. The van der Waals surface area contributed by atoms with Gasteiger partial charge in [-0.1, -0.05) is 17.7 Å². The van der Waals surface area contributed by atoms with Gasteiger partial charge in [0.15, 0.2) is 0 Å². The second-order valence-electron chi connectivity index (χ2n) is 5.89. The Bertz CT molecular complexity index is 593. The molecule has 0 spiro atoms. The number of piperidine rings is 1. The van der Waals surface area contributed by atoms with Crippen LogP contribution in [-0.4, -0.2) is 47.6 Å². The fourth-order valence-corrected chi connectivity index (χ4v) is 3.37. The summed E-state index contributed by atoms with van der Waals surface area (Å²) in [6.45, 7) is 1.47. The Balaban J connectivity index is 1.72. The first kappa shape index (κ1) is 15.3. The van der Waals surface area contributed by atoms with Crippen molar-refractivity contribution in [2.75, 3.05) is 24.5 Å². The molecule has 2 atom stereocenters. The van der Waals surface area contributed by atoms with Gasteiger partial charge in [0.1, 0.15) is 5.92 Å². The van der Waals surface area contributed by atoms with Crippen molar-refractivity contribution >= 4 is 29.1 Å². The van der Waals surface area contributed by atoms with Gasteiger partial charge in [-0.05, 0) is 37.5 Å². The Morgan fingerprint density at radius 2 is 2.09 bits per heavy atom. The Labute approximate surface area is 134 Å². The molecule has 2 amide bonds. The van der Waals surface area contributed by atoms with E-state index in [0.717, 1.165) is 18.5 Å². The summed E-state index contributed by atoms with van der Waals surface area (Å²) in [6, 6.07) is 7.10. The Morgan fingerprint density at radius 3 is 2.82 bits per heavy atom. The van der Waals surface area contributed by atoms with E-state index >= 15 is 0 Å². The lowest BCUT2D eigenvalue weighted by molar-refractivity contribution is -0.142. The first-order chi connectivity index (χ1) is 10.6. The van der Waals surface area contributed by atoms with Crippen molar-refractivity contribution in [1.82, 2.24) is 4.90 Å². The number of carbonyl (C=O) groups excluding carboxylic acids is 2. The number of hydrogen-bond donors (Lipinski definition) is 1. The largest absolute Gasteiger partial charge is 0.391 e. The molecular weight excluding hydrogens is 304 g/mol. The summed E-state index contributed by atoms with van der Waals surface area (Å²) in [5.74, 6) is -0.968. The van der Waals surface area contributed by atoms with Gasteiger partial charge in [0.25, 0.3) is 0 Å². The van der Waals surface area contributed by atoms with E-state index in [9.17, 15) is 14.7 Å². The minimum absolute atomic E-state index is 0.159. The molecule has 2 saturated heterocycles. The highest BCUT2D eigenvalue weighted by Gasteiger charge is 2.40. The maximum atomic E-state index is 12.6. The number of β-amino-alcohol motifs (C(OH)–C–C–N with tert-alkyl or cyclic N) is 1. The number of rotatable bonds is 2. The summed E-state index contributed by atoms with van der Waals surface area (Å²) in [4.78, 5) is 28.3. The molecule has 0 aliphatic carbocycles. The monoisotopic (exact) mass is 322 g/mol. The van der Waals surface area contributed by atoms with E-state index < -0.39 is 12.0 Å². The topological polar surface area (TPSA) is 60.9 Å². The van der Waals surface area contributed by atoms with E-state index in [1.165, 1.54) is 0 Å². The second-order valence-corrected chi connectivity index (χ2v) is 6.33. The van der Waals surface area contributed by atoms with Gasteiger partial charge in [-0.2, -0.15) is 0 Å². The van der Waals surface area contributed by atoms with Crippen LogP contribution in [0.3, 0.4) is 0 Å². The summed E-state index contributed by atoms with van der Waals surface area (Å²) in [5, 5.41) is 10.3. The average molecular weight is 323 g/mol. The summed E-state index contributed by atoms with van der Waals surface area (Å²) in [7, 11) is 0. The summed E-state index contributed by atoms with van der Waals surface area (Å²) in [5.41, 5.74) is 0.728. The van der Waals surface area contributed by atoms with Crippen molar-refractivity contribution in [1.29, 1.82) is 0 Å². The van der Waals surface area contributed by atoms with Crippen LogP contribution in [0.15, 0.2) is 24.3 Å². The first-order valence-electron chi connectivity index (χ1n) is 7.60. The van der Waals surface area contributed by atoms with Crippen molar-refractivity contribution in [3.05, 3.63) is 29.3 Å². The molecule has 2 heterocycles. The van der Waals surface area contributed by atoms with Gasteiger partial charge in [-0.15, -0.1) is 0 Å². The van der Waals surface area contributed by atoms with Crippen molar-refractivity contribution in [3.8, 4) is 0 Å². The summed E-state index contributed by atoms with van der Waals surface area (Å²) in [6.07, 6.45) is 1.54. The molecule has 2 fully saturated rings. The number of hydrogen-bond acceptors (Lipinski definition) is 3. The van der Waals surface area contributed by atoms with Crippen LogP contribution >= 0.6 is 11.6 Å². The van der Waals surface area contributed by atoms with Gasteiger partial charge >= 0.3 is 0 Å². The maximum absolute atomic E-state index is 12.6.